The molecule has 1 rings (SSSR count). The summed E-state index contributed by atoms with van der Waals surface area (Å²) in [7, 11) is 0. The van der Waals surface area contributed by atoms with Gasteiger partial charge in [0.25, 0.3) is 5.91 Å². The van der Waals surface area contributed by atoms with Crippen molar-refractivity contribution in [2.45, 2.75) is 18.9 Å². The van der Waals surface area contributed by atoms with E-state index in [4.69, 9.17) is 16.7 Å². The fraction of sp³-hybridized carbons (Fsp3) is 0.400. The first-order valence-corrected chi connectivity index (χ1v) is 8.76. The van der Waals surface area contributed by atoms with Gasteiger partial charge in [-0.2, -0.15) is 11.8 Å². The molecule has 1 aromatic rings. The van der Waals surface area contributed by atoms with Gasteiger partial charge < -0.3 is 15.7 Å². The number of rotatable bonds is 9. The third-order valence-electron chi connectivity index (χ3n) is 2.99. The molecular formula is C15H19ClN2O4S. The van der Waals surface area contributed by atoms with Crippen molar-refractivity contribution in [3.8, 4) is 0 Å². The smallest absolute Gasteiger partial charge is 0.326 e. The van der Waals surface area contributed by atoms with E-state index in [0.717, 1.165) is 0 Å². The number of carboxylic acids is 1. The number of hydrogen-bond acceptors (Lipinski definition) is 4. The molecule has 0 saturated heterocycles. The van der Waals surface area contributed by atoms with Crippen molar-refractivity contribution in [3.05, 3.63) is 34.9 Å². The number of carbonyl (C=O) groups is 3. The highest BCUT2D eigenvalue weighted by Crippen LogP contribution is 2.09. The van der Waals surface area contributed by atoms with Crippen LogP contribution in [0.15, 0.2) is 24.3 Å². The Morgan fingerprint density at radius 1 is 1.26 bits per heavy atom. The molecule has 126 valence electrons. The highest BCUT2D eigenvalue weighted by Gasteiger charge is 2.19. The van der Waals surface area contributed by atoms with Gasteiger partial charge in [0, 0.05) is 23.6 Å². The molecule has 1 aromatic carbocycles. The minimum Gasteiger partial charge on any atom is -0.480 e. The van der Waals surface area contributed by atoms with E-state index >= 15 is 0 Å². The zero-order chi connectivity index (χ0) is 17.2. The predicted octanol–water partition coefficient (Wildman–Crippen LogP) is 1.78. The van der Waals surface area contributed by atoms with E-state index < -0.39 is 17.9 Å². The highest BCUT2D eigenvalue weighted by molar-refractivity contribution is 7.98. The molecule has 23 heavy (non-hydrogen) atoms. The molecule has 0 spiro atoms. The number of amides is 2. The molecule has 0 saturated carbocycles. The van der Waals surface area contributed by atoms with Crippen molar-refractivity contribution in [1.82, 2.24) is 10.6 Å². The van der Waals surface area contributed by atoms with Crippen molar-refractivity contribution >= 4 is 41.1 Å². The maximum Gasteiger partial charge on any atom is 0.326 e. The van der Waals surface area contributed by atoms with Gasteiger partial charge in [0.2, 0.25) is 5.91 Å². The van der Waals surface area contributed by atoms with E-state index in [1.165, 1.54) is 11.8 Å². The summed E-state index contributed by atoms with van der Waals surface area (Å²) in [6.07, 6.45) is 2.24. The Balaban J connectivity index is 2.36. The largest absolute Gasteiger partial charge is 0.480 e. The molecule has 1 atom stereocenters. The van der Waals surface area contributed by atoms with Crippen molar-refractivity contribution < 1.29 is 19.5 Å². The van der Waals surface area contributed by atoms with Gasteiger partial charge in [-0.15, -0.1) is 0 Å². The van der Waals surface area contributed by atoms with Crippen molar-refractivity contribution in [3.63, 3.8) is 0 Å². The number of nitrogens with one attached hydrogen (secondary N) is 2. The maximum atomic E-state index is 11.8. The number of benzene rings is 1. The SMILES string of the molecule is CSCCC(NC(=O)CCNC(=O)c1ccc(Cl)cc1)C(=O)O. The van der Waals surface area contributed by atoms with Crippen LogP contribution in [0.4, 0.5) is 0 Å². The molecule has 0 bridgehead atoms. The Bertz CT molecular complexity index is 551. The topological polar surface area (TPSA) is 95.5 Å². The molecule has 6 nitrogen and oxygen atoms in total. The summed E-state index contributed by atoms with van der Waals surface area (Å²) in [4.78, 5) is 34.6. The number of carboxylic acid groups (broad SMARTS) is 1. The normalized spacial score (nSPS) is 11.6. The Morgan fingerprint density at radius 3 is 2.48 bits per heavy atom. The summed E-state index contributed by atoms with van der Waals surface area (Å²) in [5.74, 6) is -1.14. The maximum absolute atomic E-state index is 11.8. The highest BCUT2D eigenvalue weighted by atomic mass is 35.5. The van der Waals surface area contributed by atoms with Crippen LogP contribution in [0.1, 0.15) is 23.2 Å². The molecule has 0 fully saturated rings. The van der Waals surface area contributed by atoms with E-state index in [-0.39, 0.29) is 18.9 Å². The standard InChI is InChI=1S/C15H19ClN2O4S/c1-23-9-7-12(15(21)22)18-13(19)6-8-17-14(20)10-2-4-11(16)5-3-10/h2-5,12H,6-9H2,1H3,(H,17,20)(H,18,19)(H,21,22). The van der Waals surface area contributed by atoms with Crippen LogP contribution in [0.2, 0.25) is 5.02 Å². The van der Waals surface area contributed by atoms with Gasteiger partial charge in [-0.25, -0.2) is 4.79 Å². The molecule has 0 radical (unpaired) electrons. The van der Waals surface area contributed by atoms with Gasteiger partial charge in [-0.1, -0.05) is 11.6 Å². The zero-order valence-electron chi connectivity index (χ0n) is 12.7. The third-order valence-corrected chi connectivity index (χ3v) is 3.88. The molecule has 0 aliphatic rings. The van der Waals surface area contributed by atoms with Gasteiger partial charge in [-0.3, -0.25) is 9.59 Å². The Kier molecular flexibility index (Phi) is 8.50. The minimum atomic E-state index is -1.06. The van der Waals surface area contributed by atoms with E-state index in [1.54, 1.807) is 24.3 Å². The first-order chi connectivity index (χ1) is 10.9. The second-order valence-electron chi connectivity index (χ2n) is 4.75. The average molecular weight is 359 g/mol. The fourth-order valence-electron chi connectivity index (χ4n) is 1.75. The first-order valence-electron chi connectivity index (χ1n) is 6.99. The molecule has 0 aliphatic heterocycles. The van der Waals surface area contributed by atoms with Gasteiger partial charge in [0.05, 0.1) is 0 Å². The summed E-state index contributed by atoms with van der Waals surface area (Å²) in [6, 6.07) is 5.47. The van der Waals surface area contributed by atoms with Crippen LogP contribution >= 0.6 is 23.4 Å². The molecule has 8 heteroatoms. The number of hydrogen-bond donors (Lipinski definition) is 3. The lowest BCUT2D eigenvalue weighted by atomic mass is 10.2. The molecular weight excluding hydrogens is 340 g/mol. The van der Waals surface area contributed by atoms with Crippen LogP contribution in [0.25, 0.3) is 0 Å². The lowest BCUT2D eigenvalue weighted by Crippen LogP contribution is -2.42. The number of aliphatic carboxylic acids is 1. The summed E-state index contributed by atoms with van der Waals surface area (Å²) in [5, 5.41) is 14.6. The van der Waals surface area contributed by atoms with Crippen LogP contribution in [0.3, 0.4) is 0 Å². The van der Waals surface area contributed by atoms with E-state index in [2.05, 4.69) is 10.6 Å². The molecule has 0 aromatic heterocycles. The summed E-state index contributed by atoms with van der Waals surface area (Å²) >= 11 is 7.25. The summed E-state index contributed by atoms with van der Waals surface area (Å²) in [5.41, 5.74) is 0.443. The van der Waals surface area contributed by atoms with Gasteiger partial charge in [0.1, 0.15) is 6.04 Å². The van der Waals surface area contributed by atoms with Crippen molar-refractivity contribution in [2.24, 2.45) is 0 Å². The fourth-order valence-corrected chi connectivity index (χ4v) is 2.35. The van der Waals surface area contributed by atoms with Crippen LogP contribution in [0, 0.1) is 0 Å². The van der Waals surface area contributed by atoms with Gasteiger partial charge >= 0.3 is 5.97 Å². The van der Waals surface area contributed by atoms with E-state index in [0.29, 0.717) is 22.8 Å². The predicted molar refractivity (Wildman–Crippen MR) is 91.0 cm³/mol. The zero-order valence-corrected chi connectivity index (χ0v) is 14.2. The number of thioether (sulfide) groups is 1. The van der Waals surface area contributed by atoms with Crippen LogP contribution < -0.4 is 10.6 Å². The van der Waals surface area contributed by atoms with Gasteiger partial charge in [0.15, 0.2) is 0 Å². The molecule has 0 heterocycles. The Morgan fingerprint density at radius 2 is 1.91 bits per heavy atom. The second kappa shape index (κ2) is 10.1. The van der Waals surface area contributed by atoms with E-state index in [1.807, 2.05) is 6.26 Å². The molecule has 1 unspecified atom stereocenters. The first kappa shape index (κ1) is 19.3. The second-order valence-corrected chi connectivity index (χ2v) is 6.17. The van der Waals surface area contributed by atoms with Crippen LogP contribution in [0.5, 0.6) is 0 Å². The van der Waals surface area contributed by atoms with Crippen molar-refractivity contribution in [2.75, 3.05) is 18.6 Å². The summed E-state index contributed by atoms with van der Waals surface area (Å²) in [6.45, 7) is 0.127. The van der Waals surface area contributed by atoms with Gasteiger partial charge in [-0.05, 0) is 42.7 Å². The van der Waals surface area contributed by atoms with Crippen molar-refractivity contribution in [1.29, 1.82) is 0 Å². The average Bonchev–Trinajstić information content (AvgIpc) is 2.51. The monoisotopic (exact) mass is 358 g/mol. The lowest BCUT2D eigenvalue weighted by molar-refractivity contribution is -0.141. The minimum absolute atomic E-state index is 0.0162. The molecule has 2 amide bonds. The third kappa shape index (κ3) is 7.38. The number of carbonyl (C=O) groups excluding carboxylic acids is 2. The van der Waals surface area contributed by atoms with Crippen LogP contribution in [-0.4, -0.2) is 47.5 Å². The Labute approximate surface area is 144 Å². The number of halogens is 1. The summed E-state index contributed by atoms with van der Waals surface area (Å²) < 4.78 is 0. The molecule has 0 aliphatic carbocycles. The van der Waals surface area contributed by atoms with E-state index in [9.17, 15) is 14.4 Å². The quantitative estimate of drug-likeness (QED) is 0.625. The Hall–Kier alpha value is -1.73. The lowest BCUT2D eigenvalue weighted by Gasteiger charge is -2.14. The van der Waals surface area contributed by atoms with Crippen LogP contribution in [-0.2, 0) is 9.59 Å². The molecule has 3 N–H and O–H groups in total.